The minimum absolute atomic E-state index is 0.201. The Balaban J connectivity index is 1.88. The third-order valence-electron chi connectivity index (χ3n) is 5.25. The third-order valence-corrected chi connectivity index (χ3v) is 5.25. The Morgan fingerprint density at radius 1 is 1.17 bits per heavy atom. The monoisotopic (exact) mass is 410 g/mol. The van der Waals surface area contributed by atoms with Crippen molar-refractivity contribution in [3.63, 3.8) is 0 Å². The zero-order valence-corrected chi connectivity index (χ0v) is 16.1. The fourth-order valence-electron chi connectivity index (χ4n) is 3.51. The van der Waals surface area contributed by atoms with Crippen LogP contribution in [0.5, 0.6) is 0 Å². The predicted octanol–water partition coefficient (Wildman–Crippen LogP) is 2.46. The number of halogens is 3. The highest BCUT2D eigenvalue weighted by Crippen LogP contribution is 2.37. The number of hydrogen-bond donors (Lipinski definition) is 0. The van der Waals surface area contributed by atoms with Gasteiger partial charge in [-0.05, 0) is 32.0 Å². The first-order valence-electron chi connectivity index (χ1n) is 9.15. The van der Waals surface area contributed by atoms with Gasteiger partial charge in [-0.15, -0.1) is 0 Å². The van der Waals surface area contributed by atoms with Crippen molar-refractivity contribution in [3.05, 3.63) is 29.3 Å². The van der Waals surface area contributed by atoms with Crippen LogP contribution in [0.4, 0.5) is 23.7 Å². The molecule has 0 bridgehead atoms. The Morgan fingerprint density at radius 3 is 2.41 bits per heavy atom. The maximum absolute atomic E-state index is 13.3. The van der Waals surface area contributed by atoms with Crippen molar-refractivity contribution in [2.45, 2.75) is 25.6 Å². The largest absolute Gasteiger partial charge is 0.417 e. The van der Waals surface area contributed by atoms with Crippen LogP contribution in [0.1, 0.15) is 25.0 Å². The number of nitrogens with zero attached hydrogens (tertiary/aromatic N) is 4. The zero-order chi connectivity index (χ0) is 21.4. The number of amides is 3. The van der Waals surface area contributed by atoms with E-state index in [0.29, 0.717) is 38.9 Å². The molecule has 2 fully saturated rings. The van der Waals surface area contributed by atoms with Crippen molar-refractivity contribution in [2.24, 2.45) is 0 Å². The molecule has 3 amide bonds. The summed E-state index contributed by atoms with van der Waals surface area (Å²) in [5.74, 6) is -0.609. The van der Waals surface area contributed by atoms with Crippen LogP contribution in [-0.2, 0) is 15.7 Å². The molecule has 1 aromatic rings. The SMILES string of the molecule is CC1(C)C(=O)N(c2ccc(C#N)c(C(F)(F)F)c2)C(=O)N1CCN1CCOCC1. The number of nitriles is 1. The first kappa shape index (κ1) is 21.1. The molecule has 0 atom stereocenters. The lowest BCUT2D eigenvalue weighted by atomic mass is 10.0. The third kappa shape index (κ3) is 3.93. The van der Waals surface area contributed by atoms with Crippen LogP contribution >= 0.6 is 0 Å². The first-order valence-corrected chi connectivity index (χ1v) is 9.15. The quantitative estimate of drug-likeness (QED) is 0.713. The Kier molecular flexibility index (Phi) is 5.56. The van der Waals surface area contributed by atoms with Gasteiger partial charge in [0.1, 0.15) is 5.54 Å². The molecule has 156 valence electrons. The number of alkyl halides is 3. The lowest BCUT2D eigenvalue weighted by Gasteiger charge is -2.32. The number of morpholine rings is 1. The van der Waals surface area contributed by atoms with E-state index >= 15 is 0 Å². The molecule has 2 aliphatic heterocycles. The molecular weight excluding hydrogens is 389 g/mol. The Labute approximate surface area is 166 Å². The second kappa shape index (κ2) is 7.65. The number of rotatable bonds is 4. The van der Waals surface area contributed by atoms with Crippen LogP contribution in [0.2, 0.25) is 0 Å². The number of hydrogen-bond acceptors (Lipinski definition) is 5. The predicted molar refractivity (Wildman–Crippen MR) is 97.1 cm³/mol. The molecule has 10 heteroatoms. The normalized spacial score (nSPS) is 20.3. The smallest absolute Gasteiger partial charge is 0.379 e. The number of benzene rings is 1. The van der Waals surface area contributed by atoms with Crippen LogP contribution < -0.4 is 4.90 Å². The molecule has 0 radical (unpaired) electrons. The summed E-state index contributed by atoms with van der Waals surface area (Å²) in [6.45, 7) is 6.54. The number of urea groups is 1. The summed E-state index contributed by atoms with van der Waals surface area (Å²) < 4.78 is 45.1. The maximum Gasteiger partial charge on any atom is 0.417 e. The molecule has 0 aliphatic carbocycles. The fourth-order valence-corrected chi connectivity index (χ4v) is 3.51. The van der Waals surface area contributed by atoms with E-state index in [1.165, 1.54) is 17.0 Å². The number of ether oxygens (including phenoxy) is 1. The van der Waals surface area contributed by atoms with Gasteiger partial charge in [0.2, 0.25) is 0 Å². The van der Waals surface area contributed by atoms with E-state index in [9.17, 15) is 22.8 Å². The average Bonchev–Trinajstić information content (AvgIpc) is 2.84. The highest BCUT2D eigenvalue weighted by molar-refractivity contribution is 6.23. The van der Waals surface area contributed by atoms with E-state index in [2.05, 4.69) is 4.90 Å². The van der Waals surface area contributed by atoms with Gasteiger partial charge in [0.15, 0.2) is 0 Å². The van der Waals surface area contributed by atoms with Crippen molar-refractivity contribution in [3.8, 4) is 6.07 Å². The van der Waals surface area contributed by atoms with Gasteiger partial charge in [-0.1, -0.05) is 0 Å². The summed E-state index contributed by atoms with van der Waals surface area (Å²) in [4.78, 5) is 30.1. The summed E-state index contributed by atoms with van der Waals surface area (Å²) in [5, 5.41) is 8.94. The van der Waals surface area contributed by atoms with Crippen LogP contribution in [-0.4, -0.2) is 66.7 Å². The summed E-state index contributed by atoms with van der Waals surface area (Å²) in [5.41, 5.74) is -3.14. The van der Waals surface area contributed by atoms with Crippen LogP contribution in [0.3, 0.4) is 0 Å². The molecule has 3 rings (SSSR count). The van der Waals surface area contributed by atoms with Crippen molar-refractivity contribution < 1.29 is 27.5 Å². The lowest BCUT2D eigenvalue weighted by molar-refractivity contribution is -0.137. The van der Waals surface area contributed by atoms with Crippen molar-refractivity contribution in [1.29, 1.82) is 5.26 Å². The van der Waals surface area contributed by atoms with Gasteiger partial charge < -0.3 is 9.64 Å². The van der Waals surface area contributed by atoms with Crippen molar-refractivity contribution >= 4 is 17.6 Å². The minimum Gasteiger partial charge on any atom is -0.379 e. The van der Waals surface area contributed by atoms with Gasteiger partial charge in [-0.2, -0.15) is 18.4 Å². The van der Waals surface area contributed by atoms with E-state index in [4.69, 9.17) is 10.00 Å². The van der Waals surface area contributed by atoms with E-state index in [1.54, 1.807) is 13.8 Å². The van der Waals surface area contributed by atoms with Gasteiger partial charge in [-0.3, -0.25) is 9.69 Å². The molecule has 2 heterocycles. The minimum atomic E-state index is -4.78. The Hall–Kier alpha value is -2.64. The molecule has 0 N–H and O–H groups in total. The van der Waals surface area contributed by atoms with Gasteiger partial charge in [-0.25, -0.2) is 9.69 Å². The molecule has 0 saturated carbocycles. The van der Waals surface area contributed by atoms with E-state index in [0.717, 1.165) is 11.0 Å². The molecule has 0 aromatic heterocycles. The van der Waals surface area contributed by atoms with Crippen LogP contribution in [0.15, 0.2) is 18.2 Å². The number of anilines is 1. The fraction of sp³-hybridized carbons (Fsp3) is 0.526. The lowest BCUT2D eigenvalue weighted by Crippen LogP contribution is -2.48. The van der Waals surface area contributed by atoms with Gasteiger partial charge in [0.25, 0.3) is 5.91 Å². The molecule has 1 aromatic carbocycles. The van der Waals surface area contributed by atoms with Gasteiger partial charge in [0.05, 0.1) is 36.1 Å². The summed E-state index contributed by atoms with van der Waals surface area (Å²) in [6.07, 6.45) is -4.78. The highest BCUT2D eigenvalue weighted by atomic mass is 19.4. The molecule has 7 nitrogen and oxygen atoms in total. The second-order valence-electron chi connectivity index (χ2n) is 7.43. The zero-order valence-electron chi connectivity index (χ0n) is 16.1. The van der Waals surface area contributed by atoms with Gasteiger partial charge in [0, 0.05) is 26.2 Å². The molecule has 0 spiro atoms. The van der Waals surface area contributed by atoms with Crippen LogP contribution in [0, 0.1) is 11.3 Å². The summed E-state index contributed by atoms with van der Waals surface area (Å²) in [6, 6.07) is 3.65. The standard InChI is InChI=1S/C19H21F3N4O3/c1-18(2)16(27)26(14-4-3-13(12-23)15(11-14)19(20,21)22)17(28)25(18)6-5-24-7-9-29-10-8-24/h3-4,11H,5-10H2,1-2H3. The topological polar surface area (TPSA) is 76.9 Å². The van der Waals surface area contributed by atoms with Crippen molar-refractivity contribution in [1.82, 2.24) is 9.80 Å². The Bertz CT molecular complexity index is 857. The summed E-state index contributed by atoms with van der Waals surface area (Å²) in [7, 11) is 0. The number of carbonyl (C=O) groups is 2. The van der Waals surface area contributed by atoms with Gasteiger partial charge >= 0.3 is 12.2 Å². The summed E-state index contributed by atoms with van der Waals surface area (Å²) >= 11 is 0. The average molecular weight is 410 g/mol. The molecule has 2 aliphatic rings. The number of carbonyl (C=O) groups excluding carboxylic acids is 2. The molecule has 0 unspecified atom stereocenters. The van der Waals surface area contributed by atoms with E-state index in [-0.39, 0.29) is 12.2 Å². The van der Waals surface area contributed by atoms with E-state index in [1.807, 2.05) is 0 Å². The first-order chi connectivity index (χ1) is 13.6. The number of imide groups is 1. The molecule has 2 saturated heterocycles. The Morgan fingerprint density at radius 2 is 1.83 bits per heavy atom. The molecular formula is C19H21F3N4O3. The molecule has 29 heavy (non-hydrogen) atoms. The second-order valence-corrected chi connectivity index (χ2v) is 7.43. The van der Waals surface area contributed by atoms with Crippen molar-refractivity contribution in [2.75, 3.05) is 44.3 Å². The highest BCUT2D eigenvalue weighted by Gasteiger charge is 2.52. The van der Waals surface area contributed by atoms with E-state index < -0.39 is 34.8 Å². The van der Waals surface area contributed by atoms with Crippen LogP contribution in [0.25, 0.3) is 0 Å². The maximum atomic E-state index is 13.3.